The van der Waals surface area contributed by atoms with Crippen LogP contribution in [0, 0.1) is 5.41 Å². The molecule has 0 saturated carbocycles. The summed E-state index contributed by atoms with van der Waals surface area (Å²) < 4.78 is 0. The molecule has 0 amide bonds. The molecule has 0 aliphatic carbocycles. The van der Waals surface area contributed by atoms with Gasteiger partial charge in [0.15, 0.2) is 5.13 Å². The van der Waals surface area contributed by atoms with Crippen LogP contribution in [0.25, 0.3) is 0 Å². The molecule has 0 spiro atoms. The Hall–Kier alpha value is -0.610. The highest BCUT2D eigenvalue weighted by molar-refractivity contribution is 7.15. The molecule has 3 nitrogen and oxygen atoms in total. The zero-order valence-corrected chi connectivity index (χ0v) is 11.9. The summed E-state index contributed by atoms with van der Waals surface area (Å²) in [5, 5.41) is 4.32. The van der Waals surface area contributed by atoms with Crippen LogP contribution in [-0.4, -0.2) is 29.5 Å². The first-order valence-corrected chi connectivity index (χ1v) is 7.32. The third-order valence-electron chi connectivity index (χ3n) is 3.24. The molecule has 2 heterocycles. The third kappa shape index (κ3) is 3.68. The number of anilines is 1. The summed E-state index contributed by atoms with van der Waals surface area (Å²) in [6, 6.07) is 0. The van der Waals surface area contributed by atoms with Crippen LogP contribution in [0.4, 0.5) is 5.13 Å². The fourth-order valence-electron chi connectivity index (χ4n) is 2.51. The highest BCUT2D eigenvalue weighted by atomic mass is 32.1. The van der Waals surface area contributed by atoms with E-state index in [9.17, 15) is 0 Å². The van der Waals surface area contributed by atoms with Crippen molar-refractivity contribution < 1.29 is 0 Å². The van der Waals surface area contributed by atoms with Gasteiger partial charge in [0.25, 0.3) is 0 Å². The molecule has 1 aromatic rings. The van der Waals surface area contributed by atoms with Gasteiger partial charge in [0.1, 0.15) is 0 Å². The Balaban J connectivity index is 1.91. The van der Waals surface area contributed by atoms with E-state index in [0.29, 0.717) is 5.41 Å². The Labute approximate surface area is 108 Å². The van der Waals surface area contributed by atoms with Crippen molar-refractivity contribution in [3.8, 4) is 0 Å². The molecule has 2 rings (SSSR count). The molecule has 1 saturated heterocycles. The van der Waals surface area contributed by atoms with Crippen LogP contribution >= 0.6 is 11.3 Å². The first-order chi connectivity index (χ1) is 8.09. The fraction of sp³-hybridized carbons (Fsp3) is 0.769. The van der Waals surface area contributed by atoms with Gasteiger partial charge in [-0.2, -0.15) is 0 Å². The van der Waals surface area contributed by atoms with E-state index in [1.54, 1.807) is 11.3 Å². The Kier molecular flexibility index (Phi) is 4.05. The number of hydrogen-bond acceptors (Lipinski definition) is 4. The summed E-state index contributed by atoms with van der Waals surface area (Å²) in [6.07, 6.45) is 4.70. The minimum Gasteiger partial charge on any atom is -0.362 e. The Bertz CT molecular complexity index is 359. The molecule has 0 atom stereocenters. The van der Waals surface area contributed by atoms with E-state index >= 15 is 0 Å². The van der Waals surface area contributed by atoms with Crippen molar-refractivity contribution in [1.29, 1.82) is 0 Å². The summed E-state index contributed by atoms with van der Waals surface area (Å²) in [7, 11) is 0. The summed E-state index contributed by atoms with van der Waals surface area (Å²) >= 11 is 1.79. The van der Waals surface area contributed by atoms with Crippen LogP contribution in [0.5, 0.6) is 0 Å². The molecule has 0 aromatic carbocycles. The Morgan fingerprint density at radius 3 is 3.06 bits per heavy atom. The molecule has 0 radical (unpaired) electrons. The first kappa shape index (κ1) is 12.8. The SMILES string of the molecule is CCNc1ncc(CN2CCCC(C)(C)C2)s1. The predicted octanol–water partition coefficient (Wildman–Crippen LogP) is 3.20. The molecule has 96 valence electrons. The summed E-state index contributed by atoms with van der Waals surface area (Å²) in [6.45, 7) is 11.3. The van der Waals surface area contributed by atoms with Gasteiger partial charge in [-0.3, -0.25) is 4.90 Å². The van der Waals surface area contributed by atoms with Gasteiger partial charge < -0.3 is 5.32 Å². The van der Waals surface area contributed by atoms with Crippen molar-refractivity contribution in [1.82, 2.24) is 9.88 Å². The lowest BCUT2D eigenvalue weighted by Crippen LogP contribution is -2.39. The molecule has 4 heteroatoms. The molecule has 1 aliphatic rings. The van der Waals surface area contributed by atoms with E-state index in [2.05, 4.69) is 36.0 Å². The van der Waals surface area contributed by atoms with Crippen LogP contribution in [0.1, 0.15) is 38.5 Å². The maximum Gasteiger partial charge on any atom is 0.182 e. The molecule has 1 fully saturated rings. The zero-order valence-electron chi connectivity index (χ0n) is 11.1. The van der Waals surface area contributed by atoms with Gasteiger partial charge in [0.05, 0.1) is 0 Å². The van der Waals surface area contributed by atoms with E-state index in [-0.39, 0.29) is 0 Å². The number of thiazole rings is 1. The van der Waals surface area contributed by atoms with E-state index in [0.717, 1.165) is 18.2 Å². The summed E-state index contributed by atoms with van der Waals surface area (Å²) in [4.78, 5) is 8.32. The highest BCUT2D eigenvalue weighted by Gasteiger charge is 2.26. The minimum atomic E-state index is 0.480. The molecular formula is C13H23N3S. The van der Waals surface area contributed by atoms with Crippen molar-refractivity contribution in [3.05, 3.63) is 11.1 Å². The predicted molar refractivity (Wildman–Crippen MR) is 74.6 cm³/mol. The Morgan fingerprint density at radius 1 is 1.53 bits per heavy atom. The molecule has 1 aliphatic heterocycles. The van der Waals surface area contributed by atoms with Crippen LogP contribution in [0.2, 0.25) is 0 Å². The second kappa shape index (κ2) is 5.36. The largest absolute Gasteiger partial charge is 0.362 e. The smallest absolute Gasteiger partial charge is 0.182 e. The molecule has 0 bridgehead atoms. The van der Waals surface area contributed by atoms with Gasteiger partial charge in [0.2, 0.25) is 0 Å². The van der Waals surface area contributed by atoms with Crippen molar-refractivity contribution in [2.45, 2.75) is 40.2 Å². The average molecular weight is 253 g/mol. The van der Waals surface area contributed by atoms with Crippen molar-refractivity contribution in [3.63, 3.8) is 0 Å². The van der Waals surface area contributed by atoms with Crippen LogP contribution < -0.4 is 5.32 Å². The normalized spacial score (nSPS) is 20.4. The quantitative estimate of drug-likeness (QED) is 0.893. The second-order valence-electron chi connectivity index (χ2n) is 5.64. The first-order valence-electron chi connectivity index (χ1n) is 6.50. The van der Waals surface area contributed by atoms with Crippen LogP contribution in [0.3, 0.4) is 0 Å². The van der Waals surface area contributed by atoms with E-state index in [4.69, 9.17) is 0 Å². The molecule has 17 heavy (non-hydrogen) atoms. The minimum absolute atomic E-state index is 0.480. The average Bonchev–Trinajstić information content (AvgIpc) is 2.64. The number of hydrogen-bond donors (Lipinski definition) is 1. The van der Waals surface area contributed by atoms with Gasteiger partial charge in [-0.05, 0) is 31.7 Å². The zero-order chi connectivity index (χ0) is 12.3. The van der Waals surface area contributed by atoms with Crippen LogP contribution in [0.15, 0.2) is 6.20 Å². The van der Waals surface area contributed by atoms with Gasteiger partial charge in [-0.25, -0.2) is 4.98 Å². The second-order valence-corrected chi connectivity index (χ2v) is 6.76. The van der Waals surface area contributed by atoms with E-state index < -0.39 is 0 Å². The monoisotopic (exact) mass is 253 g/mol. The van der Waals surface area contributed by atoms with Crippen molar-refractivity contribution >= 4 is 16.5 Å². The Morgan fingerprint density at radius 2 is 2.35 bits per heavy atom. The molecule has 0 unspecified atom stereocenters. The van der Waals surface area contributed by atoms with Crippen molar-refractivity contribution in [2.75, 3.05) is 25.0 Å². The number of nitrogens with one attached hydrogen (secondary N) is 1. The van der Waals surface area contributed by atoms with E-state index in [1.165, 1.54) is 30.8 Å². The highest BCUT2D eigenvalue weighted by Crippen LogP contribution is 2.30. The number of aromatic nitrogens is 1. The lowest BCUT2D eigenvalue weighted by Gasteiger charge is -2.37. The maximum absolute atomic E-state index is 4.39. The molecular weight excluding hydrogens is 230 g/mol. The number of likely N-dealkylation sites (tertiary alicyclic amines) is 1. The number of piperidine rings is 1. The van der Waals surface area contributed by atoms with Gasteiger partial charge in [-0.15, -0.1) is 11.3 Å². The van der Waals surface area contributed by atoms with Gasteiger partial charge in [-0.1, -0.05) is 13.8 Å². The van der Waals surface area contributed by atoms with Gasteiger partial charge >= 0.3 is 0 Å². The number of rotatable bonds is 4. The summed E-state index contributed by atoms with van der Waals surface area (Å²) in [5.41, 5.74) is 0.480. The molecule has 1 aromatic heterocycles. The standard InChI is InChI=1S/C13H23N3S/c1-4-14-12-15-8-11(17-12)9-16-7-5-6-13(2,3)10-16/h8H,4-7,9-10H2,1-3H3,(H,14,15). The summed E-state index contributed by atoms with van der Waals surface area (Å²) in [5.74, 6) is 0. The fourth-order valence-corrected chi connectivity index (χ4v) is 3.44. The topological polar surface area (TPSA) is 28.2 Å². The third-order valence-corrected chi connectivity index (χ3v) is 4.18. The lowest BCUT2D eigenvalue weighted by molar-refractivity contribution is 0.112. The van der Waals surface area contributed by atoms with Gasteiger partial charge in [0, 0.05) is 30.7 Å². The number of nitrogens with zero attached hydrogens (tertiary/aromatic N) is 2. The lowest BCUT2D eigenvalue weighted by atomic mass is 9.84. The maximum atomic E-state index is 4.39. The molecule has 1 N–H and O–H groups in total. The van der Waals surface area contributed by atoms with Crippen LogP contribution in [-0.2, 0) is 6.54 Å². The van der Waals surface area contributed by atoms with Crippen molar-refractivity contribution in [2.24, 2.45) is 5.41 Å². The van der Waals surface area contributed by atoms with E-state index in [1.807, 2.05) is 6.20 Å².